The maximum Gasteiger partial charge on any atom is 0.231 e. The van der Waals surface area contributed by atoms with Gasteiger partial charge in [0.05, 0.1) is 7.11 Å². The van der Waals surface area contributed by atoms with E-state index in [0.29, 0.717) is 11.4 Å². The molecule has 3 rings (SSSR count). The van der Waals surface area contributed by atoms with Crippen molar-refractivity contribution in [2.75, 3.05) is 7.11 Å². The van der Waals surface area contributed by atoms with Crippen LogP contribution in [0.15, 0.2) is 36.8 Å². The van der Waals surface area contributed by atoms with Gasteiger partial charge in [0.1, 0.15) is 17.3 Å². The molecule has 20 heavy (non-hydrogen) atoms. The molecule has 0 atom stereocenters. The first-order valence-electron chi connectivity index (χ1n) is 6.12. The second kappa shape index (κ2) is 4.67. The molecule has 0 aliphatic heterocycles. The second-order valence-electron chi connectivity index (χ2n) is 4.40. The zero-order valence-electron chi connectivity index (χ0n) is 11.2. The normalized spacial score (nSPS) is 10.4. The monoisotopic (exact) mass is 264 g/mol. The molecular weight excluding hydrogens is 252 g/mol. The van der Waals surface area contributed by atoms with Crippen LogP contribution in [-0.2, 0) is 0 Å². The molecule has 3 aromatic heterocycles. The van der Waals surface area contributed by atoms with Crippen molar-refractivity contribution in [3.63, 3.8) is 0 Å². The van der Waals surface area contributed by atoms with Crippen LogP contribution in [0.2, 0.25) is 0 Å². The summed E-state index contributed by atoms with van der Waals surface area (Å²) in [7, 11) is 1.51. The van der Waals surface area contributed by atoms with Crippen molar-refractivity contribution in [2.24, 2.45) is 0 Å². The lowest BCUT2D eigenvalue weighted by Gasteiger charge is -2.09. The van der Waals surface area contributed by atoms with E-state index in [1.165, 1.54) is 7.11 Å². The fraction of sp³-hybridized carbons (Fsp3) is 0.133. The van der Waals surface area contributed by atoms with E-state index in [0.717, 1.165) is 22.5 Å². The third-order valence-electron chi connectivity index (χ3n) is 3.19. The van der Waals surface area contributed by atoms with Gasteiger partial charge in [0.15, 0.2) is 0 Å². The van der Waals surface area contributed by atoms with Crippen molar-refractivity contribution < 1.29 is 4.74 Å². The van der Waals surface area contributed by atoms with E-state index in [-0.39, 0.29) is 0 Å². The highest BCUT2D eigenvalue weighted by molar-refractivity contribution is 5.69. The minimum absolute atomic E-state index is 0.359. The summed E-state index contributed by atoms with van der Waals surface area (Å²) >= 11 is 0. The molecule has 0 radical (unpaired) electrons. The van der Waals surface area contributed by atoms with Crippen molar-refractivity contribution in [1.29, 1.82) is 5.26 Å². The molecule has 0 amide bonds. The number of pyridine rings is 2. The molecule has 0 spiro atoms. The number of rotatable bonds is 2. The highest BCUT2D eigenvalue weighted by atomic mass is 16.5. The molecule has 3 aromatic rings. The summed E-state index contributed by atoms with van der Waals surface area (Å²) in [5.41, 5.74) is 4.03. The predicted molar refractivity (Wildman–Crippen MR) is 74.4 cm³/mol. The van der Waals surface area contributed by atoms with Crippen LogP contribution in [0.25, 0.3) is 16.8 Å². The molecule has 0 aliphatic carbocycles. The van der Waals surface area contributed by atoms with Gasteiger partial charge >= 0.3 is 0 Å². The van der Waals surface area contributed by atoms with Crippen molar-refractivity contribution in [1.82, 2.24) is 14.4 Å². The number of fused-ring (bicyclic) bond motifs is 1. The van der Waals surface area contributed by atoms with E-state index in [2.05, 4.69) is 16.0 Å². The van der Waals surface area contributed by atoms with E-state index in [1.54, 1.807) is 12.3 Å². The average Bonchev–Trinajstić information content (AvgIpc) is 2.94. The van der Waals surface area contributed by atoms with Gasteiger partial charge in [-0.3, -0.25) is 0 Å². The molecule has 0 bridgehead atoms. The Hall–Kier alpha value is -2.87. The van der Waals surface area contributed by atoms with E-state index in [1.807, 2.05) is 35.9 Å². The van der Waals surface area contributed by atoms with Gasteiger partial charge in [-0.25, -0.2) is 9.97 Å². The zero-order valence-corrected chi connectivity index (χ0v) is 11.2. The van der Waals surface area contributed by atoms with Gasteiger partial charge in [-0.05, 0) is 25.1 Å². The number of ether oxygens (including phenoxy) is 1. The molecule has 0 aromatic carbocycles. The van der Waals surface area contributed by atoms with Crippen LogP contribution >= 0.6 is 0 Å². The maximum absolute atomic E-state index is 9.17. The summed E-state index contributed by atoms with van der Waals surface area (Å²) in [5, 5.41) is 9.17. The van der Waals surface area contributed by atoms with Gasteiger partial charge < -0.3 is 9.14 Å². The number of aryl methyl sites for hydroxylation is 1. The Morgan fingerprint density at radius 3 is 2.95 bits per heavy atom. The number of imidazole rings is 1. The number of hydrogen-bond donors (Lipinski definition) is 0. The third kappa shape index (κ3) is 1.88. The summed E-state index contributed by atoms with van der Waals surface area (Å²) in [5.74, 6) is 0.359. The molecule has 0 saturated heterocycles. The van der Waals surface area contributed by atoms with E-state index in [4.69, 9.17) is 10.00 Å². The fourth-order valence-corrected chi connectivity index (χ4v) is 2.19. The van der Waals surface area contributed by atoms with Gasteiger partial charge in [0.25, 0.3) is 0 Å². The lowest BCUT2D eigenvalue weighted by atomic mass is 10.0. The quantitative estimate of drug-likeness (QED) is 0.713. The Bertz CT molecular complexity index is 829. The Balaban J connectivity index is 2.20. The minimum atomic E-state index is 0.359. The predicted octanol–water partition coefficient (Wildman–Crippen LogP) is 2.59. The number of methoxy groups -OCH3 is 1. The first-order chi connectivity index (χ1) is 9.72. The smallest absolute Gasteiger partial charge is 0.231 e. The topological polar surface area (TPSA) is 63.2 Å². The van der Waals surface area contributed by atoms with E-state index >= 15 is 0 Å². The van der Waals surface area contributed by atoms with Gasteiger partial charge in [0, 0.05) is 35.4 Å². The summed E-state index contributed by atoms with van der Waals surface area (Å²) in [4.78, 5) is 8.55. The largest absolute Gasteiger partial charge is 0.480 e. The van der Waals surface area contributed by atoms with Crippen molar-refractivity contribution in [3.05, 3.63) is 48.0 Å². The molecular formula is C15H12N4O. The van der Waals surface area contributed by atoms with Crippen LogP contribution in [0.4, 0.5) is 0 Å². The van der Waals surface area contributed by atoms with E-state index in [9.17, 15) is 0 Å². The van der Waals surface area contributed by atoms with Crippen molar-refractivity contribution >= 4 is 5.65 Å². The second-order valence-corrected chi connectivity index (χ2v) is 4.40. The standard InChI is InChI=1S/C15H12N4O/c1-10-13(7-12(8-16)15(18-10)20-2)11-3-4-14-17-5-6-19(14)9-11/h3-7,9H,1-2H3. The first-order valence-corrected chi connectivity index (χ1v) is 6.12. The summed E-state index contributed by atoms with van der Waals surface area (Å²) in [6, 6.07) is 7.82. The summed E-state index contributed by atoms with van der Waals surface area (Å²) < 4.78 is 7.05. The number of aromatic nitrogens is 3. The van der Waals surface area contributed by atoms with Crippen LogP contribution in [0.5, 0.6) is 5.88 Å². The Morgan fingerprint density at radius 1 is 1.35 bits per heavy atom. The fourth-order valence-electron chi connectivity index (χ4n) is 2.19. The molecule has 0 aliphatic rings. The lowest BCUT2D eigenvalue weighted by molar-refractivity contribution is 0.395. The minimum Gasteiger partial charge on any atom is -0.480 e. The number of hydrogen-bond acceptors (Lipinski definition) is 4. The van der Waals surface area contributed by atoms with Gasteiger partial charge in [-0.1, -0.05) is 0 Å². The number of nitriles is 1. The van der Waals surface area contributed by atoms with Crippen LogP contribution in [-0.4, -0.2) is 21.5 Å². The van der Waals surface area contributed by atoms with Gasteiger partial charge in [-0.2, -0.15) is 5.26 Å². The Morgan fingerprint density at radius 2 is 2.20 bits per heavy atom. The molecule has 5 heteroatoms. The number of nitrogens with zero attached hydrogens (tertiary/aromatic N) is 4. The van der Waals surface area contributed by atoms with Crippen LogP contribution in [0.3, 0.4) is 0 Å². The van der Waals surface area contributed by atoms with Crippen molar-refractivity contribution in [2.45, 2.75) is 6.92 Å². The molecule has 0 fully saturated rings. The Labute approximate surface area is 116 Å². The maximum atomic E-state index is 9.17. The molecule has 0 unspecified atom stereocenters. The van der Waals surface area contributed by atoms with Crippen LogP contribution < -0.4 is 4.74 Å². The van der Waals surface area contributed by atoms with Gasteiger partial charge in [-0.15, -0.1) is 0 Å². The van der Waals surface area contributed by atoms with Crippen LogP contribution in [0, 0.1) is 18.3 Å². The highest BCUT2D eigenvalue weighted by Gasteiger charge is 2.11. The van der Waals surface area contributed by atoms with Crippen molar-refractivity contribution in [3.8, 4) is 23.1 Å². The SMILES string of the molecule is COc1nc(C)c(-c2ccc3nccn3c2)cc1C#N. The molecule has 3 heterocycles. The molecule has 98 valence electrons. The van der Waals surface area contributed by atoms with Crippen LogP contribution in [0.1, 0.15) is 11.3 Å². The van der Waals surface area contributed by atoms with E-state index < -0.39 is 0 Å². The highest BCUT2D eigenvalue weighted by Crippen LogP contribution is 2.27. The molecule has 5 nitrogen and oxygen atoms in total. The summed E-state index contributed by atoms with van der Waals surface area (Å²) in [6.45, 7) is 1.90. The zero-order chi connectivity index (χ0) is 14.1. The first kappa shape index (κ1) is 12.2. The third-order valence-corrected chi connectivity index (χ3v) is 3.19. The lowest BCUT2D eigenvalue weighted by Crippen LogP contribution is -1.97. The summed E-state index contributed by atoms with van der Waals surface area (Å²) in [6.07, 6.45) is 5.61. The molecule has 0 N–H and O–H groups in total. The molecule has 0 saturated carbocycles. The van der Waals surface area contributed by atoms with Gasteiger partial charge in [0.2, 0.25) is 5.88 Å². The Kier molecular flexibility index (Phi) is 2.84. The average molecular weight is 264 g/mol.